The Balaban J connectivity index is 1.94. The minimum atomic E-state index is -0.205. The summed E-state index contributed by atoms with van der Waals surface area (Å²) in [6, 6.07) is 10.7. The molecule has 2 aromatic carbocycles. The fraction of sp³-hybridized carbons (Fsp3) is 0.238. The van der Waals surface area contributed by atoms with Crippen LogP contribution in [0.4, 0.5) is 5.13 Å². The molecule has 0 fully saturated rings. The van der Waals surface area contributed by atoms with Crippen molar-refractivity contribution in [1.29, 1.82) is 0 Å². The molecule has 8 heteroatoms. The Bertz CT molecular complexity index is 979. The van der Waals surface area contributed by atoms with Gasteiger partial charge in [-0.1, -0.05) is 23.7 Å². The van der Waals surface area contributed by atoms with Crippen LogP contribution in [0, 0.1) is 0 Å². The van der Waals surface area contributed by atoms with Gasteiger partial charge in [0.25, 0.3) is 5.91 Å². The highest BCUT2D eigenvalue weighted by Gasteiger charge is 2.23. The molecule has 0 saturated carbocycles. The second-order valence-electron chi connectivity index (χ2n) is 5.99. The smallest absolute Gasteiger partial charge is 0.260 e. The van der Waals surface area contributed by atoms with E-state index in [4.69, 9.17) is 25.8 Å². The molecule has 1 heterocycles. The van der Waals surface area contributed by atoms with E-state index < -0.39 is 0 Å². The van der Waals surface area contributed by atoms with Crippen molar-refractivity contribution >= 4 is 34.0 Å². The quantitative estimate of drug-likeness (QED) is 0.516. The zero-order valence-corrected chi connectivity index (χ0v) is 18.1. The lowest BCUT2D eigenvalue weighted by Crippen LogP contribution is -2.30. The third-order valence-corrected chi connectivity index (χ3v) is 5.45. The molecule has 1 amide bonds. The highest BCUT2D eigenvalue weighted by molar-refractivity contribution is 7.14. The summed E-state index contributed by atoms with van der Waals surface area (Å²) in [4.78, 5) is 19.5. The van der Waals surface area contributed by atoms with Gasteiger partial charge >= 0.3 is 0 Å². The number of amides is 1. The van der Waals surface area contributed by atoms with Crippen LogP contribution in [0.15, 0.2) is 41.8 Å². The molecule has 0 aliphatic heterocycles. The van der Waals surface area contributed by atoms with Crippen LogP contribution in [0.2, 0.25) is 5.02 Å². The monoisotopic (exact) mass is 432 g/mol. The standard InChI is InChI=1S/C21H21ClN2O4S/c1-5-24(21-23-16(12-29-21)13-6-8-15(22)9-7-13)20(25)14-10-17(26-2)19(28-4)18(11-14)27-3/h6-12H,5H2,1-4H3. The summed E-state index contributed by atoms with van der Waals surface area (Å²) in [6.07, 6.45) is 0. The SMILES string of the molecule is CCN(C(=O)c1cc(OC)c(OC)c(OC)c1)c1nc(-c2ccc(Cl)cc2)cs1. The Hall–Kier alpha value is -2.77. The molecule has 0 unspecified atom stereocenters. The first-order valence-electron chi connectivity index (χ1n) is 8.85. The normalized spacial score (nSPS) is 10.5. The van der Waals surface area contributed by atoms with E-state index in [9.17, 15) is 4.79 Å². The molecule has 3 aromatic rings. The summed E-state index contributed by atoms with van der Waals surface area (Å²) < 4.78 is 16.1. The summed E-state index contributed by atoms with van der Waals surface area (Å²) >= 11 is 7.36. The lowest BCUT2D eigenvalue weighted by atomic mass is 10.1. The lowest BCUT2D eigenvalue weighted by Gasteiger charge is -2.19. The van der Waals surface area contributed by atoms with E-state index >= 15 is 0 Å². The number of anilines is 1. The number of carbonyl (C=O) groups excluding carboxylic acids is 1. The summed E-state index contributed by atoms with van der Waals surface area (Å²) in [5.41, 5.74) is 2.15. The molecular formula is C21H21ClN2O4S. The predicted molar refractivity (Wildman–Crippen MR) is 116 cm³/mol. The maximum Gasteiger partial charge on any atom is 0.260 e. The summed E-state index contributed by atoms with van der Waals surface area (Å²) in [5, 5.41) is 3.19. The first kappa shape index (κ1) is 21.0. The first-order chi connectivity index (χ1) is 14.0. The Morgan fingerprint density at radius 2 is 1.69 bits per heavy atom. The van der Waals surface area contributed by atoms with Crippen LogP contribution in [-0.2, 0) is 0 Å². The fourth-order valence-corrected chi connectivity index (χ4v) is 3.89. The van der Waals surface area contributed by atoms with Crippen LogP contribution in [-0.4, -0.2) is 38.8 Å². The number of hydrogen-bond acceptors (Lipinski definition) is 6. The average Bonchev–Trinajstić information content (AvgIpc) is 3.23. The molecule has 0 aliphatic carbocycles. The molecule has 0 saturated heterocycles. The van der Waals surface area contributed by atoms with Gasteiger partial charge in [-0.25, -0.2) is 4.98 Å². The Morgan fingerprint density at radius 3 is 2.21 bits per heavy atom. The van der Waals surface area contributed by atoms with Gasteiger partial charge in [-0.05, 0) is 31.2 Å². The van der Waals surface area contributed by atoms with Gasteiger partial charge in [-0.15, -0.1) is 11.3 Å². The molecule has 0 aliphatic rings. The van der Waals surface area contributed by atoms with E-state index in [1.807, 2.05) is 36.6 Å². The van der Waals surface area contributed by atoms with Gasteiger partial charge in [0, 0.05) is 28.1 Å². The highest BCUT2D eigenvalue weighted by Crippen LogP contribution is 2.39. The molecule has 0 radical (unpaired) electrons. The minimum Gasteiger partial charge on any atom is -0.493 e. The summed E-state index contributed by atoms with van der Waals surface area (Å²) in [5.74, 6) is 1.08. The minimum absolute atomic E-state index is 0.205. The Kier molecular flexibility index (Phi) is 6.61. The van der Waals surface area contributed by atoms with Crippen LogP contribution in [0.1, 0.15) is 17.3 Å². The van der Waals surface area contributed by atoms with E-state index in [0.29, 0.717) is 39.5 Å². The van der Waals surface area contributed by atoms with Crippen LogP contribution in [0.3, 0.4) is 0 Å². The first-order valence-corrected chi connectivity index (χ1v) is 10.1. The van der Waals surface area contributed by atoms with Gasteiger partial charge < -0.3 is 14.2 Å². The number of carbonyl (C=O) groups is 1. The fourth-order valence-electron chi connectivity index (χ4n) is 2.87. The van der Waals surface area contributed by atoms with Crippen molar-refractivity contribution in [1.82, 2.24) is 4.98 Å². The van der Waals surface area contributed by atoms with E-state index in [1.165, 1.54) is 32.7 Å². The molecule has 0 atom stereocenters. The average molecular weight is 433 g/mol. The molecule has 152 valence electrons. The van der Waals surface area contributed by atoms with E-state index in [1.54, 1.807) is 17.0 Å². The van der Waals surface area contributed by atoms with Crippen LogP contribution in [0.25, 0.3) is 11.3 Å². The lowest BCUT2D eigenvalue weighted by molar-refractivity contribution is 0.0987. The van der Waals surface area contributed by atoms with Gasteiger partial charge in [0.2, 0.25) is 5.75 Å². The zero-order valence-electron chi connectivity index (χ0n) is 16.6. The van der Waals surface area contributed by atoms with Crippen molar-refractivity contribution < 1.29 is 19.0 Å². The van der Waals surface area contributed by atoms with Crippen molar-refractivity contribution in [2.24, 2.45) is 0 Å². The van der Waals surface area contributed by atoms with Crippen molar-refractivity contribution in [2.75, 3.05) is 32.8 Å². The molecule has 0 N–H and O–H groups in total. The van der Waals surface area contributed by atoms with Crippen molar-refractivity contribution in [3.63, 3.8) is 0 Å². The van der Waals surface area contributed by atoms with E-state index in [-0.39, 0.29) is 5.91 Å². The van der Waals surface area contributed by atoms with Gasteiger partial charge in [-0.2, -0.15) is 0 Å². The van der Waals surface area contributed by atoms with Crippen molar-refractivity contribution in [3.05, 3.63) is 52.4 Å². The number of rotatable bonds is 7. The number of nitrogens with zero attached hydrogens (tertiary/aromatic N) is 2. The number of halogens is 1. The molecule has 0 bridgehead atoms. The number of benzene rings is 2. The molecule has 1 aromatic heterocycles. The summed E-state index contributed by atoms with van der Waals surface area (Å²) in [7, 11) is 4.55. The predicted octanol–water partition coefficient (Wildman–Crippen LogP) is 5.16. The summed E-state index contributed by atoms with van der Waals surface area (Å²) in [6.45, 7) is 2.36. The maximum atomic E-state index is 13.2. The van der Waals surface area contributed by atoms with Gasteiger partial charge in [0.1, 0.15) is 0 Å². The third-order valence-electron chi connectivity index (χ3n) is 4.34. The topological polar surface area (TPSA) is 60.9 Å². The van der Waals surface area contributed by atoms with Crippen LogP contribution >= 0.6 is 22.9 Å². The van der Waals surface area contributed by atoms with Gasteiger partial charge in [0.05, 0.1) is 27.0 Å². The second kappa shape index (κ2) is 9.15. The maximum absolute atomic E-state index is 13.2. The number of thiazole rings is 1. The Morgan fingerprint density at radius 1 is 1.07 bits per heavy atom. The van der Waals surface area contributed by atoms with E-state index in [2.05, 4.69) is 4.98 Å². The molecular weight excluding hydrogens is 412 g/mol. The number of methoxy groups -OCH3 is 3. The van der Waals surface area contributed by atoms with Gasteiger partial charge in [0.15, 0.2) is 16.6 Å². The van der Waals surface area contributed by atoms with Crippen molar-refractivity contribution in [2.45, 2.75) is 6.92 Å². The van der Waals surface area contributed by atoms with Crippen LogP contribution < -0.4 is 19.1 Å². The number of ether oxygens (including phenoxy) is 3. The molecule has 3 rings (SSSR count). The largest absolute Gasteiger partial charge is 0.493 e. The second-order valence-corrected chi connectivity index (χ2v) is 7.26. The highest BCUT2D eigenvalue weighted by atomic mass is 35.5. The van der Waals surface area contributed by atoms with Crippen LogP contribution in [0.5, 0.6) is 17.2 Å². The third kappa shape index (κ3) is 4.31. The number of aromatic nitrogens is 1. The van der Waals surface area contributed by atoms with Crippen molar-refractivity contribution in [3.8, 4) is 28.5 Å². The Labute approximate surface area is 178 Å². The van der Waals surface area contributed by atoms with E-state index in [0.717, 1.165) is 11.3 Å². The van der Waals surface area contributed by atoms with Gasteiger partial charge in [-0.3, -0.25) is 9.69 Å². The number of hydrogen-bond donors (Lipinski definition) is 0. The molecule has 29 heavy (non-hydrogen) atoms. The molecule has 0 spiro atoms. The molecule has 6 nitrogen and oxygen atoms in total. The zero-order chi connectivity index (χ0) is 21.0.